The zero-order valence-electron chi connectivity index (χ0n) is 9.04. The van der Waals surface area contributed by atoms with Gasteiger partial charge in [-0.15, -0.1) is 13.2 Å². The minimum Gasteiger partial charge on any atom is -0.478 e. The highest BCUT2D eigenvalue weighted by Gasteiger charge is 2.35. The van der Waals surface area contributed by atoms with Crippen LogP contribution in [0.5, 0.6) is 5.88 Å². The van der Waals surface area contributed by atoms with E-state index in [1.807, 2.05) is 0 Å². The van der Waals surface area contributed by atoms with Gasteiger partial charge in [-0.1, -0.05) is 0 Å². The van der Waals surface area contributed by atoms with Crippen LogP contribution in [0.2, 0.25) is 0 Å². The van der Waals surface area contributed by atoms with Gasteiger partial charge in [0.2, 0.25) is 5.88 Å². The monoisotopic (exact) mass is 286 g/mol. The van der Waals surface area contributed by atoms with Crippen molar-refractivity contribution < 1.29 is 36.6 Å². The molecule has 0 atom stereocenters. The van der Waals surface area contributed by atoms with Gasteiger partial charge in [0.15, 0.2) is 0 Å². The molecule has 0 radical (unpaired) electrons. The molecule has 10 heteroatoms. The van der Waals surface area contributed by atoms with E-state index >= 15 is 0 Å². The first-order chi connectivity index (χ1) is 8.65. The summed E-state index contributed by atoms with van der Waals surface area (Å²) < 4.78 is 64.5. The molecule has 0 aromatic carbocycles. The first-order valence-corrected chi connectivity index (χ1v) is 4.66. The van der Waals surface area contributed by atoms with Crippen LogP contribution in [0.15, 0.2) is 6.07 Å². The Hall–Kier alpha value is -1.97. The molecule has 5 nitrogen and oxygen atoms in total. The molecule has 1 rings (SSSR count). The second-order valence-electron chi connectivity index (χ2n) is 3.23. The molecule has 0 saturated heterocycles. The molecule has 1 heterocycles. The number of rotatable bonds is 4. The van der Waals surface area contributed by atoms with Crippen molar-refractivity contribution in [3.05, 3.63) is 22.9 Å². The molecule has 1 aromatic rings. The van der Waals surface area contributed by atoms with E-state index in [-0.39, 0.29) is 0 Å². The second kappa shape index (κ2) is 5.34. The molecule has 0 bridgehead atoms. The Morgan fingerprint density at radius 3 is 2.42 bits per heavy atom. The fourth-order valence-electron chi connectivity index (χ4n) is 1.24. The van der Waals surface area contributed by atoms with Crippen molar-refractivity contribution in [3.8, 4) is 5.88 Å². The Labute approximate surface area is 102 Å². The van der Waals surface area contributed by atoms with Crippen LogP contribution < -0.4 is 10.5 Å². The first-order valence-electron chi connectivity index (χ1n) is 4.66. The topological polar surface area (TPSA) is 85.4 Å². The molecule has 19 heavy (non-hydrogen) atoms. The third-order valence-electron chi connectivity index (χ3n) is 1.97. The van der Waals surface area contributed by atoms with Gasteiger partial charge in [-0.3, -0.25) is 0 Å². The minimum atomic E-state index is -5.23. The van der Waals surface area contributed by atoms with E-state index < -0.39 is 48.0 Å². The van der Waals surface area contributed by atoms with E-state index in [9.17, 15) is 26.7 Å². The number of aromatic nitrogens is 1. The zero-order valence-corrected chi connectivity index (χ0v) is 9.04. The van der Waals surface area contributed by atoms with E-state index in [1.165, 1.54) is 0 Å². The van der Waals surface area contributed by atoms with Crippen LogP contribution in [0.3, 0.4) is 0 Å². The number of pyridine rings is 1. The van der Waals surface area contributed by atoms with E-state index in [0.717, 1.165) is 0 Å². The number of carboxylic acid groups (broad SMARTS) is 1. The third kappa shape index (κ3) is 3.74. The number of halogens is 5. The number of alkyl halides is 5. The van der Waals surface area contributed by atoms with E-state index in [4.69, 9.17) is 10.8 Å². The summed E-state index contributed by atoms with van der Waals surface area (Å²) in [7, 11) is 0. The fourth-order valence-corrected chi connectivity index (χ4v) is 1.24. The third-order valence-corrected chi connectivity index (χ3v) is 1.97. The Morgan fingerprint density at radius 1 is 1.47 bits per heavy atom. The predicted octanol–water partition coefficient (Wildman–Crippen LogP) is 2.07. The fraction of sp³-hybridized carbons (Fsp3) is 0.333. The predicted molar refractivity (Wildman–Crippen MR) is 50.7 cm³/mol. The molecule has 3 N–H and O–H groups in total. The van der Waals surface area contributed by atoms with Gasteiger partial charge in [-0.2, -0.15) is 0 Å². The van der Waals surface area contributed by atoms with Gasteiger partial charge >= 0.3 is 12.3 Å². The molecule has 0 aliphatic carbocycles. The number of hydrogen-bond donors (Lipinski definition) is 2. The summed E-state index contributed by atoms with van der Waals surface area (Å²) in [5, 5.41) is 8.72. The Kier molecular flexibility index (Phi) is 4.24. The van der Waals surface area contributed by atoms with E-state index in [1.54, 1.807) is 0 Å². The van der Waals surface area contributed by atoms with Crippen LogP contribution >= 0.6 is 0 Å². The highest BCUT2D eigenvalue weighted by Crippen LogP contribution is 2.32. The van der Waals surface area contributed by atoms with Crippen LogP contribution in [0.25, 0.3) is 0 Å². The standard InChI is InChI=1S/C9H7F5N2O3/c10-6(11)4-1-3(8(17)18)5(2-15)16-7(4)19-9(12,13)14/h1,6H,2,15H2,(H,17,18). The van der Waals surface area contributed by atoms with Crippen molar-refractivity contribution in [2.75, 3.05) is 0 Å². The molecular weight excluding hydrogens is 279 g/mol. The maximum Gasteiger partial charge on any atom is 0.574 e. The van der Waals surface area contributed by atoms with Gasteiger partial charge in [-0.25, -0.2) is 18.6 Å². The highest BCUT2D eigenvalue weighted by atomic mass is 19.4. The summed E-state index contributed by atoms with van der Waals surface area (Å²) >= 11 is 0. The van der Waals surface area contributed by atoms with Crippen LogP contribution in [0, 0.1) is 0 Å². The number of ether oxygens (including phenoxy) is 1. The number of carbonyl (C=O) groups is 1. The van der Waals surface area contributed by atoms with Gasteiger partial charge in [-0.05, 0) is 6.07 Å². The Balaban J connectivity index is 3.40. The molecule has 0 aliphatic rings. The Morgan fingerprint density at radius 2 is 2.05 bits per heavy atom. The average molecular weight is 286 g/mol. The Bertz CT molecular complexity index is 489. The maximum absolute atomic E-state index is 12.6. The van der Waals surface area contributed by atoms with Gasteiger partial charge < -0.3 is 15.6 Å². The average Bonchev–Trinajstić information content (AvgIpc) is 2.25. The lowest BCUT2D eigenvalue weighted by molar-refractivity contribution is -0.276. The van der Waals surface area contributed by atoms with Gasteiger partial charge in [0, 0.05) is 6.54 Å². The lowest BCUT2D eigenvalue weighted by atomic mass is 10.1. The molecular formula is C9H7F5N2O3. The maximum atomic E-state index is 12.6. The number of aromatic carboxylic acids is 1. The van der Waals surface area contributed by atoms with E-state index in [2.05, 4.69) is 9.72 Å². The van der Waals surface area contributed by atoms with Crippen molar-refractivity contribution in [1.29, 1.82) is 0 Å². The summed E-state index contributed by atoms with van der Waals surface area (Å²) in [5.74, 6) is -3.04. The highest BCUT2D eigenvalue weighted by molar-refractivity contribution is 5.89. The summed E-state index contributed by atoms with van der Waals surface area (Å²) in [6.07, 6.45) is -8.61. The van der Waals surface area contributed by atoms with Gasteiger partial charge in [0.05, 0.1) is 16.8 Å². The minimum absolute atomic E-state index is 0.364. The van der Waals surface area contributed by atoms with Crippen LogP contribution in [0.4, 0.5) is 22.0 Å². The van der Waals surface area contributed by atoms with Gasteiger partial charge in [0.25, 0.3) is 6.43 Å². The van der Waals surface area contributed by atoms with Crippen LogP contribution in [-0.4, -0.2) is 22.4 Å². The van der Waals surface area contributed by atoms with Crippen LogP contribution in [0.1, 0.15) is 28.0 Å². The SMILES string of the molecule is NCc1nc(OC(F)(F)F)c(C(F)F)cc1C(=O)O. The molecule has 0 fully saturated rings. The lowest BCUT2D eigenvalue weighted by Gasteiger charge is -2.14. The lowest BCUT2D eigenvalue weighted by Crippen LogP contribution is -2.21. The first kappa shape index (κ1) is 15.1. The van der Waals surface area contributed by atoms with E-state index in [0.29, 0.717) is 6.07 Å². The molecule has 0 amide bonds. The quantitative estimate of drug-likeness (QED) is 0.828. The molecule has 106 valence electrons. The summed E-state index contributed by atoms with van der Waals surface area (Å²) in [6.45, 7) is -0.542. The van der Waals surface area contributed by atoms with Crippen molar-refractivity contribution in [1.82, 2.24) is 4.98 Å². The largest absolute Gasteiger partial charge is 0.574 e. The second-order valence-corrected chi connectivity index (χ2v) is 3.23. The smallest absolute Gasteiger partial charge is 0.478 e. The number of hydrogen-bond acceptors (Lipinski definition) is 4. The van der Waals surface area contributed by atoms with Crippen molar-refractivity contribution >= 4 is 5.97 Å². The normalized spacial score (nSPS) is 11.7. The zero-order chi connectivity index (χ0) is 14.8. The summed E-state index contributed by atoms with van der Waals surface area (Å²) in [6, 6.07) is 0.364. The van der Waals surface area contributed by atoms with Crippen LogP contribution in [-0.2, 0) is 6.54 Å². The van der Waals surface area contributed by atoms with Gasteiger partial charge in [0.1, 0.15) is 0 Å². The van der Waals surface area contributed by atoms with Crippen molar-refractivity contribution in [3.63, 3.8) is 0 Å². The van der Waals surface area contributed by atoms with Crippen molar-refractivity contribution in [2.24, 2.45) is 5.73 Å². The molecule has 0 aliphatic heterocycles. The molecule has 1 aromatic heterocycles. The number of carboxylic acids is 1. The number of nitrogens with two attached hydrogens (primary N) is 1. The molecule has 0 spiro atoms. The van der Waals surface area contributed by atoms with Crippen molar-refractivity contribution in [2.45, 2.75) is 19.3 Å². The number of nitrogens with zero attached hydrogens (tertiary/aromatic N) is 1. The molecule has 0 saturated carbocycles. The summed E-state index contributed by atoms with van der Waals surface area (Å²) in [4.78, 5) is 13.8. The summed E-state index contributed by atoms with van der Waals surface area (Å²) in [5.41, 5.74) is 2.63. The molecule has 0 unspecified atom stereocenters.